The van der Waals surface area contributed by atoms with Crippen molar-refractivity contribution in [3.63, 3.8) is 0 Å². The maximum atomic E-state index is 12.0. The molecule has 1 aliphatic rings. The van der Waals surface area contributed by atoms with Crippen molar-refractivity contribution in [1.82, 2.24) is 15.3 Å². The van der Waals surface area contributed by atoms with Crippen LogP contribution in [0.4, 0.5) is 0 Å². The van der Waals surface area contributed by atoms with Gasteiger partial charge in [0, 0.05) is 65.7 Å². The fourth-order valence-corrected chi connectivity index (χ4v) is 7.43. The summed E-state index contributed by atoms with van der Waals surface area (Å²) in [7, 11) is 0. The second kappa shape index (κ2) is 20.6. The summed E-state index contributed by atoms with van der Waals surface area (Å²) in [6.07, 6.45) is 12.1. The first-order valence-corrected chi connectivity index (χ1v) is 20.6. The number of nitrogens with zero attached hydrogens (tertiary/aromatic N) is 4. The van der Waals surface area contributed by atoms with Crippen LogP contribution in [0.2, 0.25) is 10.0 Å². The summed E-state index contributed by atoms with van der Waals surface area (Å²) in [6.45, 7) is 4.66. The Morgan fingerprint density at radius 1 is 0.825 bits per heavy atom. The molecule has 5 aromatic rings. The molecule has 4 N–H and O–H groups in total. The molecule has 0 amide bonds. The molecule has 2 heterocycles. The molecule has 0 spiro atoms. The van der Waals surface area contributed by atoms with Gasteiger partial charge in [-0.2, -0.15) is 10.5 Å². The summed E-state index contributed by atoms with van der Waals surface area (Å²) in [6, 6.07) is 22.0. The van der Waals surface area contributed by atoms with E-state index >= 15 is 0 Å². The zero-order chi connectivity index (χ0) is 45.1. The molecule has 0 aliphatic heterocycles. The molecule has 13 nitrogen and oxygen atoms in total. The minimum Gasteiger partial charge on any atom is -0.491 e. The molecule has 0 saturated heterocycles. The first-order chi connectivity index (χ1) is 30.3. The molecular weight excluding hydrogens is 845 g/mol. The summed E-state index contributed by atoms with van der Waals surface area (Å²) in [4.78, 5) is 20.2. The number of allylic oxidation sites excluding steroid dienone is 3. The van der Waals surface area contributed by atoms with Crippen LogP contribution >= 0.6 is 23.2 Å². The number of nitriles is 2. The molecule has 3 unspecified atom stereocenters. The van der Waals surface area contributed by atoms with Gasteiger partial charge in [0.25, 0.3) is 0 Å². The Hall–Kier alpha value is -6.45. The Kier molecular flexibility index (Phi) is 15.1. The quantitative estimate of drug-likeness (QED) is 0.0620. The molecule has 1 aliphatic carbocycles. The van der Waals surface area contributed by atoms with Gasteiger partial charge in [-0.1, -0.05) is 72.6 Å². The van der Waals surface area contributed by atoms with Gasteiger partial charge >= 0.3 is 5.97 Å². The van der Waals surface area contributed by atoms with Crippen LogP contribution in [-0.4, -0.2) is 56.6 Å². The summed E-state index contributed by atoms with van der Waals surface area (Å²) in [5.74, 6) is -0.217. The third-order valence-corrected chi connectivity index (χ3v) is 11.6. The highest BCUT2D eigenvalue weighted by molar-refractivity contribution is 6.32. The lowest BCUT2D eigenvalue weighted by molar-refractivity contribution is -0.145. The Morgan fingerprint density at radius 2 is 1.38 bits per heavy atom. The van der Waals surface area contributed by atoms with Crippen LogP contribution in [0.25, 0.3) is 5.57 Å². The highest BCUT2D eigenvalue weighted by Gasteiger charge is 2.41. The van der Waals surface area contributed by atoms with Gasteiger partial charge in [-0.25, -0.2) is 0 Å². The number of benzene rings is 3. The first-order valence-electron chi connectivity index (χ1n) is 19.8. The van der Waals surface area contributed by atoms with Gasteiger partial charge in [-0.05, 0) is 60.7 Å². The predicted molar refractivity (Wildman–Crippen MR) is 236 cm³/mol. The van der Waals surface area contributed by atoms with Crippen molar-refractivity contribution in [2.45, 2.75) is 52.7 Å². The highest BCUT2D eigenvalue weighted by atomic mass is 35.5. The number of aliphatic hydroxyl groups excluding tert-OH is 2. The van der Waals surface area contributed by atoms with Crippen molar-refractivity contribution in [2.24, 2.45) is 11.3 Å². The molecule has 3 aromatic carbocycles. The molecule has 3 atom stereocenters. The molecule has 0 fully saturated rings. The lowest BCUT2D eigenvalue weighted by Crippen LogP contribution is -2.52. The van der Waals surface area contributed by atoms with Crippen LogP contribution < -0.4 is 24.3 Å². The van der Waals surface area contributed by atoms with Crippen molar-refractivity contribution in [2.75, 3.05) is 19.8 Å². The van der Waals surface area contributed by atoms with Gasteiger partial charge in [0.1, 0.15) is 67.1 Å². The Labute approximate surface area is 375 Å². The number of aryl methyl sites for hydroxylation is 1. The van der Waals surface area contributed by atoms with E-state index in [0.29, 0.717) is 50.6 Å². The van der Waals surface area contributed by atoms with E-state index < -0.39 is 23.5 Å². The topological polar surface area (TPSA) is 200 Å². The van der Waals surface area contributed by atoms with E-state index in [-0.39, 0.29) is 61.3 Å². The van der Waals surface area contributed by atoms with E-state index in [9.17, 15) is 30.6 Å². The third kappa shape index (κ3) is 11.0. The highest BCUT2D eigenvalue weighted by Crippen LogP contribution is 2.45. The molecule has 324 valence electrons. The van der Waals surface area contributed by atoms with Crippen LogP contribution in [0, 0.1) is 40.9 Å². The van der Waals surface area contributed by atoms with E-state index in [0.717, 1.165) is 16.7 Å². The predicted octanol–water partition coefficient (Wildman–Crippen LogP) is 8.14. The number of carboxylic acids is 1. The maximum absolute atomic E-state index is 12.0. The standard InChI is InChI=1S/C48H45Cl2N5O8/c1-30-7-4-5-8-38(30)39-9-6-10-48(31(39)2,29-63-45-16-43(37(24-56)14-41(45)50)61-26-35-12-33(18-52)20-54-22-35)28-62-44-15-42(60-25-34-11-32(17-51)19-53-21-34)36(13-40(44)49)23-55-47(3,27-57)46(58)59/h4-16,19-22,31,55-57H,23-29H2,1-3H3,(H,58,59). The number of nitrogens with one attached hydrogen (secondary N) is 1. The van der Waals surface area contributed by atoms with Gasteiger partial charge in [0.15, 0.2) is 0 Å². The molecule has 0 radical (unpaired) electrons. The van der Waals surface area contributed by atoms with E-state index in [1.54, 1.807) is 48.8 Å². The number of aliphatic hydroxyl groups is 2. The number of carboxylic acid groups (broad SMARTS) is 1. The smallest absolute Gasteiger partial charge is 0.326 e. The second-order valence-electron chi connectivity index (χ2n) is 15.4. The van der Waals surface area contributed by atoms with Crippen LogP contribution in [0.15, 0.2) is 104 Å². The minimum atomic E-state index is -1.65. The van der Waals surface area contributed by atoms with Crippen molar-refractivity contribution in [3.05, 3.63) is 158 Å². The molecular formula is C48H45Cl2N5O8. The molecule has 2 aromatic heterocycles. The van der Waals surface area contributed by atoms with Gasteiger partial charge in [-0.3, -0.25) is 20.1 Å². The van der Waals surface area contributed by atoms with E-state index in [2.05, 4.69) is 59.5 Å². The Morgan fingerprint density at radius 3 is 1.90 bits per heavy atom. The summed E-state index contributed by atoms with van der Waals surface area (Å²) >= 11 is 13.7. The monoisotopic (exact) mass is 889 g/mol. The van der Waals surface area contributed by atoms with Crippen LogP contribution in [-0.2, 0) is 31.2 Å². The van der Waals surface area contributed by atoms with Gasteiger partial charge in [0.05, 0.1) is 39.8 Å². The number of rotatable bonds is 19. The van der Waals surface area contributed by atoms with Crippen molar-refractivity contribution in [1.29, 1.82) is 10.5 Å². The van der Waals surface area contributed by atoms with Crippen LogP contribution in [0.3, 0.4) is 0 Å². The molecule has 63 heavy (non-hydrogen) atoms. The number of carbonyl (C=O) groups is 1. The van der Waals surface area contributed by atoms with Crippen LogP contribution in [0.5, 0.6) is 23.0 Å². The maximum Gasteiger partial charge on any atom is 0.326 e. The third-order valence-electron chi connectivity index (χ3n) is 11.0. The van der Waals surface area contributed by atoms with Gasteiger partial charge < -0.3 is 34.3 Å². The van der Waals surface area contributed by atoms with Crippen molar-refractivity contribution >= 4 is 34.7 Å². The lowest BCUT2D eigenvalue weighted by Gasteiger charge is -2.40. The Bertz CT molecular complexity index is 2620. The largest absolute Gasteiger partial charge is 0.491 e. The van der Waals surface area contributed by atoms with Crippen molar-refractivity contribution in [3.8, 4) is 35.1 Å². The number of hydrogen-bond donors (Lipinski definition) is 4. The number of pyridine rings is 2. The van der Waals surface area contributed by atoms with E-state index in [1.165, 1.54) is 19.3 Å². The summed E-state index contributed by atoms with van der Waals surface area (Å²) in [5.41, 5.74) is 3.66. The van der Waals surface area contributed by atoms with E-state index in [4.69, 9.17) is 42.1 Å². The number of ether oxygens (including phenoxy) is 4. The number of halogens is 2. The zero-order valence-electron chi connectivity index (χ0n) is 34.8. The average molecular weight is 891 g/mol. The SMILES string of the molecule is Cc1ccccc1C1=CC=CC(COc2cc(OCc3cncc(C#N)c3)c(CO)cc2Cl)(COc2cc(OCc3cncc(C#N)c3)c(CNC(C)(CO)C(=O)O)cc2Cl)C1C. The molecule has 0 saturated carbocycles. The first kappa shape index (κ1) is 46.1. The van der Waals surface area contributed by atoms with Gasteiger partial charge in [-0.15, -0.1) is 0 Å². The average Bonchev–Trinajstić information content (AvgIpc) is 3.30. The van der Waals surface area contributed by atoms with Gasteiger partial charge in [0.2, 0.25) is 0 Å². The van der Waals surface area contributed by atoms with Crippen LogP contribution in [0.1, 0.15) is 58.4 Å². The fraction of sp³-hybridized carbons (Fsp3) is 0.271. The molecule has 0 bridgehead atoms. The summed E-state index contributed by atoms with van der Waals surface area (Å²) < 4.78 is 25.6. The minimum absolute atomic E-state index is 0.0135. The number of aromatic nitrogens is 2. The molecule has 6 rings (SSSR count). The molecule has 15 heteroatoms. The number of hydrogen-bond acceptors (Lipinski definition) is 12. The van der Waals surface area contributed by atoms with Crippen molar-refractivity contribution < 1.29 is 39.1 Å². The normalized spacial score (nSPS) is 16.5. The fourth-order valence-electron chi connectivity index (χ4n) is 6.94. The zero-order valence-corrected chi connectivity index (χ0v) is 36.3. The second-order valence-corrected chi connectivity index (χ2v) is 16.2. The van der Waals surface area contributed by atoms with E-state index in [1.807, 2.05) is 24.3 Å². The number of aliphatic carboxylic acids is 1. The lowest BCUT2D eigenvalue weighted by atomic mass is 9.69. The summed E-state index contributed by atoms with van der Waals surface area (Å²) in [5, 5.41) is 52.0. The Balaban J connectivity index is 1.32.